The number of aliphatic hydroxyl groups excluding tert-OH is 1. The molecule has 1 heterocycles. The SMILES string of the molecule is Cc1ccc(N2C(=O)C(O)=C(C(=O)/C=C/c3ccccc3)C2c2ccccc2)cc1. The third-order valence-corrected chi connectivity index (χ3v) is 5.13. The van der Waals surface area contributed by atoms with E-state index in [2.05, 4.69) is 0 Å². The van der Waals surface area contributed by atoms with E-state index in [1.165, 1.54) is 11.0 Å². The largest absolute Gasteiger partial charge is 0.503 e. The van der Waals surface area contributed by atoms with Gasteiger partial charge in [-0.25, -0.2) is 0 Å². The molecule has 0 spiro atoms. The summed E-state index contributed by atoms with van der Waals surface area (Å²) in [6, 6.07) is 25.4. The van der Waals surface area contributed by atoms with E-state index in [1.807, 2.05) is 91.9 Å². The van der Waals surface area contributed by atoms with Crippen LogP contribution in [0.5, 0.6) is 0 Å². The van der Waals surface area contributed by atoms with Gasteiger partial charge in [0.05, 0.1) is 11.6 Å². The third kappa shape index (κ3) is 3.67. The molecule has 1 aliphatic rings. The summed E-state index contributed by atoms with van der Waals surface area (Å²) in [5.74, 6) is -1.48. The fourth-order valence-corrected chi connectivity index (χ4v) is 3.61. The minimum atomic E-state index is -0.700. The van der Waals surface area contributed by atoms with E-state index in [0.717, 1.165) is 16.7 Å². The molecule has 0 saturated heterocycles. The molecule has 0 radical (unpaired) electrons. The van der Waals surface area contributed by atoms with Crippen LogP contribution in [0.4, 0.5) is 5.69 Å². The summed E-state index contributed by atoms with van der Waals surface area (Å²) >= 11 is 0. The van der Waals surface area contributed by atoms with Gasteiger partial charge in [-0.05, 0) is 36.3 Å². The molecular formula is C26H21NO3. The number of carbonyl (C=O) groups excluding carboxylic acids is 2. The number of benzene rings is 3. The van der Waals surface area contributed by atoms with Crippen molar-refractivity contribution in [1.29, 1.82) is 0 Å². The highest BCUT2D eigenvalue weighted by molar-refractivity contribution is 6.19. The minimum absolute atomic E-state index is 0.0824. The second kappa shape index (κ2) is 8.21. The molecule has 4 nitrogen and oxygen atoms in total. The molecule has 4 heteroatoms. The van der Waals surface area contributed by atoms with Crippen molar-refractivity contribution in [2.45, 2.75) is 13.0 Å². The molecular weight excluding hydrogens is 374 g/mol. The minimum Gasteiger partial charge on any atom is -0.503 e. The zero-order valence-electron chi connectivity index (χ0n) is 16.5. The number of hydrogen-bond acceptors (Lipinski definition) is 3. The Hall–Kier alpha value is -3.92. The molecule has 0 aromatic heterocycles. The van der Waals surface area contributed by atoms with Crippen molar-refractivity contribution in [2.75, 3.05) is 4.90 Å². The molecule has 0 fully saturated rings. The summed E-state index contributed by atoms with van der Waals surface area (Å²) in [4.78, 5) is 27.6. The number of amides is 1. The van der Waals surface area contributed by atoms with Crippen molar-refractivity contribution in [3.8, 4) is 0 Å². The zero-order chi connectivity index (χ0) is 21.1. The fourth-order valence-electron chi connectivity index (χ4n) is 3.61. The van der Waals surface area contributed by atoms with Gasteiger partial charge in [0.15, 0.2) is 11.5 Å². The normalized spacial score (nSPS) is 16.5. The second-order valence-corrected chi connectivity index (χ2v) is 7.19. The number of hydrogen-bond donors (Lipinski definition) is 1. The topological polar surface area (TPSA) is 57.6 Å². The Balaban J connectivity index is 1.77. The second-order valence-electron chi connectivity index (χ2n) is 7.19. The van der Waals surface area contributed by atoms with E-state index < -0.39 is 23.5 Å². The lowest BCUT2D eigenvalue weighted by atomic mass is 9.95. The highest BCUT2D eigenvalue weighted by Crippen LogP contribution is 2.41. The molecule has 0 saturated carbocycles. The van der Waals surface area contributed by atoms with Crippen LogP contribution >= 0.6 is 0 Å². The lowest BCUT2D eigenvalue weighted by Crippen LogP contribution is -2.30. The van der Waals surface area contributed by atoms with Gasteiger partial charge >= 0.3 is 0 Å². The Bertz CT molecular complexity index is 1130. The summed E-state index contributed by atoms with van der Waals surface area (Å²) in [7, 11) is 0. The molecule has 3 aromatic rings. The third-order valence-electron chi connectivity index (χ3n) is 5.13. The van der Waals surface area contributed by atoms with Crippen LogP contribution in [-0.2, 0) is 9.59 Å². The van der Waals surface area contributed by atoms with Gasteiger partial charge in [0, 0.05) is 5.69 Å². The van der Waals surface area contributed by atoms with Crippen LogP contribution in [0, 0.1) is 6.92 Å². The van der Waals surface area contributed by atoms with Crippen LogP contribution < -0.4 is 4.90 Å². The lowest BCUT2D eigenvalue weighted by Gasteiger charge is -2.26. The maximum Gasteiger partial charge on any atom is 0.294 e. The molecule has 30 heavy (non-hydrogen) atoms. The predicted molar refractivity (Wildman–Crippen MR) is 118 cm³/mol. The number of anilines is 1. The number of rotatable bonds is 5. The highest BCUT2D eigenvalue weighted by atomic mass is 16.3. The number of ketones is 1. The van der Waals surface area contributed by atoms with Crippen molar-refractivity contribution >= 4 is 23.5 Å². The molecule has 4 rings (SSSR count). The van der Waals surface area contributed by atoms with E-state index in [0.29, 0.717) is 5.69 Å². The fraction of sp³-hybridized carbons (Fsp3) is 0.0769. The first-order valence-electron chi connectivity index (χ1n) is 9.72. The van der Waals surface area contributed by atoms with Crippen molar-refractivity contribution in [3.05, 3.63) is 119 Å². The van der Waals surface area contributed by atoms with Crippen LogP contribution in [-0.4, -0.2) is 16.8 Å². The smallest absolute Gasteiger partial charge is 0.294 e. The van der Waals surface area contributed by atoms with Gasteiger partial charge in [-0.2, -0.15) is 0 Å². The molecule has 1 aliphatic heterocycles. The molecule has 1 unspecified atom stereocenters. The Labute approximate surface area is 175 Å². The lowest BCUT2D eigenvalue weighted by molar-refractivity contribution is -0.117. The Kier molecular flexibility index (Phi) is 5.31. The zero-order valence-corrected chi connectivity index (χ0v) is 16.5. The van der Waals surface area contributed by atoms with Crippen LogP contribution in [0.15, 0.2) is 102 Å². The van der Waals surface area contributed by atoms with E-state index in [9.17, 15) is 14.7 Å². The van der Waals surface area contributed by atoms with Gasteiger partial charge in [-0.15, -0.1) is 0 Å². The first kappa shape index (κ1) is 19.4. The maximum absolute atomic E-state index is 13.1. The van der Waals surface area contributed by atoms with Gasteiger partial charge in [0.2, 0.25) is 0 Å². The summed E-state index contributed by atoms with van der Waals surface area (Å²) < 4.78 is 0. The van der Waals surface area contributed by atoms with Gasteiger partial charge in [0.1, 0.15) is 0 Å². The van der Waals surface area contributed by atoms with Crippen LogP contribution in [0.1, 0.15) is 22.7 Å². The van der Waals surface area contributed by atoms with Gasteiger partial charge in [-0.3, -0.25) is 14.5 Å². The van der Waals surface area contributed by atoms with E-state index >= 15 is 0 Å². The van der Waals surface area contributed by atoms with Gasteiger partial charge in [0.25, 0.3) is 5.91 Å². The van der Waals surface area contributed by atoms with E-state index in [-0.39, 0.29) is 5.57 Å². The highest BCUT2D eigenvalue weighted by Gasteiger charge is 2.43. The van der Waals surface area contributed by atoms with Gasteiger partial charge in [-0.1, -0.05) is 84.4 Å². The first-order chi connectivity index (χ1) is 14.6. The maximum atomic E-state index is 13.1. The van der Waals surface area contributed by atoms with Crippen LogP contribution in [0.3, 0.4) is 0 Å². The standard InChI is InChI=1S/C26H21NO3/c1-18-12-15-21(16-13-18)27-24(20-10-6-3-7-11-20)23(25(29)26(27)30)22(28)17-14-19-8-4-2-5-9-19/h2-17,24,29H,1H3/b17-14+. The van der Waals surface area contributed by atoms with Gasteiger partial charge < -0.3 is 5.11 Å². The summed E-state index contributed by atoms with van der Waals surface area (Å²) in [5.41, 5.74) is 3.38. The number of carbonyl (C=O) groups is 2. The van der Waals surface area contributed by atoms with Crippen molar-refractivity contribution in [3.63, 3.8) is 0 Å². The predicted octanol–water partition coefficient (Wildman–Crippen LogP) is 5.18. The molecule has 3 aromatic carbocycles. The van der Waals surface area contributed by atoms with Crippen molar-refractivity contribution in [2.24, 2.45) is 0 Å². The van der Waals surface area contributed by atoms with E-state index in [1.54, 1.807) is 6.08 Å². The number of allylic oxidation sites excluding steroid dienone is 1. The number of nitrogens with zero attached hydrogens (tertiary/aromatic N) is 1. The molecule has 0 bridgehead atoms. The summed E-state index contributed by atoms with van der Waals surface area (Å²) in [5, 5.41) is 10.7. The Morgan fingerprint density at radius 2 is 1.50 bits per heavy atom. The average molecular weight is 395 g/mol. The Morgan fingerprint density at radius 3 is 2.13 bits per heavy atom. The monoisotopic (exact) mass is 395 g/mol. The number of aliphatic hydroxyl groups is 1. The Morgan fingerprint density at radius 1 is 0.900 bits per heavy atom. The van der Waals surface area contributed by atoms with Crippen LogP contribution in [0.2, 0.25) is 0 Å². The first-order valence-corrected chi connectivity index (χ1v) is 9.72. The molecule has 1 atom stereocenters. The molecule has 1 N–H and O–H groups in total. The summed E-state index contributed by atoms with van der Waals surface area (Å²) in [6.07, 6.45) is 3.09. The molecule has 148 valence electrons. The average Bonchev–Trinajstić information content (AvgIpc) is 3.05. The van der Waals surface area contributed by atoms with Crippen molar-refractivity contribution in [1.82, 2.24) is 0 Å². The summed E-state index contributed by atoms with van der Waals surface area (Å²) in [6.45, 7) is 1.96. The number of aryl methyl sites for hydroxylation is 1. The van der Waals surface area contributed by atoms with Crippen molar-refractivity contribution < 1.29 is 14.7 Å². The quantitative estimate of drug-likeness (QED) is 0.606. The molecule has 1 amide bonds. The molecule has 0 aliphatic carbocycles. The van der Waals surface area contributed by atoms with Crippen LogP contribution in [0.25, 0.3) is 6.08 Å². The van der Waals surface area contributed by atoms with E-state index in [4.69, 9.17) is 0 Å².